The van der Waals surface area contributed by atoms with E-state index in [1.807, 2.05) is 12.1 Å². The van der Waals surface area contributed by atoms with E-state index in [0.717, 1.165) is 37.7 Å². The van der Waals surface area contributed by atoms with Crippen LogP contribution in [0.1, 0.15) is 37.7 Å². The molecule has 3 unspecified atom stereocenters. The number of aliphatic carboxylic acids is 1. The molecule has 0 spiro atoms. The molecule has 1 aliphatic carbocycles. The van der Waals surface area contributed by atoms with E-state index in [1.54, 1.807) is 6.07 Å². The van der Waals surface area contributed by atoms with Gasteiger partial charge >= 0.3 is 5.97 Å². The fraction of sp³-hybridized carbons (Fsp3) is 0.562. The molecule has 2 N–H and O–H groups in total. The molecule has 1 aliphatic heterocycles. The average Bonchev–Trinajstić information content (AvgIpc) is 2.78. The van der Waals surface area contributed by atoms with Crippen LogP contribution in [0.4, 0.5) is 0 Å². The number of aliphatic hydroxyl groups is 1. The maximum Gasteiger partial charge on any atom is 0.345 e. The van der Waals surface area contributed by atoms with Gasteiger partial charge in [-0.2, -0.15) is 0 Å². The van der Waals surface area contributed by atoms with E-state index in [0.29, 0.717) is 17.9 Å². The second kappa shape index (κ2) is 5.93. The van der Waals surface area contributed by atoms with Crippen LogP contribution >= 0.6 is 0 Å². The Hall–Kier alpha value is -1.75. The molecule has 1 aromatic rings. The smallest absolute Gasteiger partial charge is 0.345 e. The van der Waals surface area contributed by atoms with Gasteiger partial charge in [-0.3, -0.25) is 0 Å². The van der Waals surface area contributed by atoms with Crippen LogP contribution in [0.3, 0.4) is 0 Å². The number of rotatable bonds is 3. The SMILES string of the molecule is O=C(O)C1Cc2ccc(OC3CCCCCC3O)cc2O1. The third kappa shape index (κ3) is 3.13. The zero-order valence-corrected chi connectivity index (χ0v) is 11.8. The normalized spacial score (nSPS) is 28.3. The van der Waals surface area contributed by atoms with E-state index in [-0.39, 0.29) is 6.10 Å². The van der Waals surface area contributed by atoms with Gasteiger partial charge in [0.2, 0.25) is 0 Å². The fourth-order valence-corrected chi connectivity index (χ4v) is 2.99. The van der Waals surface area contributed by atoms with Crippen molar-refractivity contribution >= 4 is 5.97 Å². The second-order valence-electron chi connectivity index (χ2n) is 5.78. The summed E-state index contributed by atoms with van der Waals surface area (Å²) in [5.41, 5.74) is 0.885. The van der Waals surface area contributed by atoms with Crippen LogP contribution in [0.2, 0.25) is 0 Å². The minimum atomic E-state index is -0.951. The molecular weight excluding hydrogens is 272 g/mol. The molecule has 114 valence electrons. The van der Waals surface area contributed by atoms with E-state index < -0.39 is 18.2 Å². The second-order valence-corrected chi connectivity index (χ2v) is 5.78. The molecule has 2 aliphatic rings. The number of fused-ring (bicyclic) bond motifs is 1. The largest absolute Gasteiger partial charge is 0.488 e. The van der Waals surface area contributed by atoms with Gasteiger partial charge in [0, 0.05) is 12.5 Å². The van der Waals surface area contributed by atoms with Crippen LogP contribution in [0.25, 0.3) is 0 Å². The number of hydrogen-bond acceptors (Lipinski definition) is 4. The summed E-state index contributed by atoms with van der Waals surface area (Å²) in [6.45, 7) is 0. The minimum absolute atomic E-state index is 0.192. The monoisotopic (exact) mass is 292 g/mol. The van der Waals surface area contributed by atoms with Gasteiger partial charge in [0.15, 0.2) is 6.10 Å². The highest BCUT2D eigenvalue weighted by molar-refractivity contribution is 5.74. The molecule has 0 radical (unpaired) electrons. The van der Waals surface area contributed by atoms with Crippen LogP contribution in [-0.2, 0) is 11.2 Å². The molecule has 1 heterocycles. The Morgan fingerprint density at radius 2 is 2.05 bits per heavy atom. The zero-order valence-electron chi connectivity index (χ0n) is 11.8. The molecule has 5 nitrogen and oxygen atoms in total. The summed E-state index contributed by atoms with van der Waals surface area (Å²) >= 11 is 0. The van der Waals surface area contributed by atoms with E-state index in [2.05, 4.69) is 0 Å². The fourth-order valence-electron chi connectivity index (χ4n) is 2.99. The maximum atomic E-state index is 11.0. The molecule has 0 amide bonds. The van der Waals surface area contributed by atoms with E-state index >= 15 is 0 Å². The maximum absolute atomic E-state index is 11.0. The lowest BCUT2D eigenvalue weighted by Crippen LogP contribution is -2.30. The van der Waals surface area contributed by atoms with Crippen LogP contribution < -0.4 is 9.47 Å². The van der Waals surface area contributed by atoms with Gasteiger partial charge in [0.25, 0.3) is 0 Å². The first-order chi connectivity index (χ1) is 10.1. The number of ether oxygens (including phenoxy) is 2. The van der Waals surface area contributed by atoms with Crippen molar-refractivity contribution in [1.82, 2.24) is 0 Å². The Balaban J connectivity index is 1.70. The Kier molecular flexibility index (Phi) is 4.01. The van der Waals surface area contributed by atoms with Crippen LogP contribution in [-0.4, -0.2) is 34.5 Å². The third-order valence-corrected chi connectivity index (χ3v) is 4.19. The van der Waals surface area contributed by atoms with Gasteiger partial charge < -0.3 is 19.7 Å². The van der Waals surface area contributed by atoms with Gasteiger partial charge in [0.1, 0.15) is 17.6 Å². The highest BCUT2D eigenvalue weighted by Crippen LogP contribution is 2.33. The summed E-state index contributed by atoms with van der Waals surface area (Å²) in [4.78, 5) is 11.0. The summed E-state index contributed by atoms with van der Waals surface area (Å²) < 4.78 is 11.3. The van der Waals surface area contributed by atoms with Crippen molar-refractivity contribution in [3.8, 4) is 11.5 Å². The molecular formula is C16H20O5. The van der Waals surface area contributed by atoms with Crippen molar-refractivity contribution in [2.75, 3.05) is 0 Å². The number of aliphatic hydroxyl groups excluding tert-OH is 1. The van der Waals surface area contributed by atoms with Crippen LogP contribution in [0, 0.1) is 0 Å². The first kappa shape index (κ1) is 14.2. The van der Waals surface area contributed by atoms with Gasteiger partial charge in [-0.05, 0) is 30.9 Å². The van der Waals surface area contributed by atoms with E-state index in [4.69, 9.17) is 14.6 Å². The molecule has 0 saturated heterocycles. The number of hydrogen-bond donors (Lipinski definition) is 2. The Morgan fingerprint density at radius 3 is 2.86 bits per heavy atom. The predicted octanol–water partition coefficient (Wildman–Crippen LogP) is 2.15. The minimum Gasteiger partial charge on any atom is -0.488 e. The van der Waals surface area contributed by atoms with Crippen molar-refractivity contribution in [2.45, 2.75) is 56.8 Å². The Bertz CT molecular complexity index is 527. The number of benzene rings is 1. The van der Waals surface area contributed by atoms with Gasteiger partial charge in [-0.15, -0.1) is 0 Å². The highest BCUT2D eigenvalue weighted by atomic mass is 16.5. The number of carboxylic acid groups (broad SMARTS) is 1. The number of carboxylic acids is 1. The summed E-state index contributed by atoms with van der Waals surface area (Å²) in [5, 5.41) is 19.1. The molecule has 0 bridgehead atoms. The summed E-state index contributed by atoms with van der Waals surface area (Å²) in [6, 6.07) is 5.40. The lowest BCUT2D eigenvalue weighted by molar-refractivity contribution is -0.144. The first-order valence-electron chi connectivity index (χ1n) is 7.50. The van der Waals surface area contributed by atoms with Crippen molar-refractivity contribution in [3.05, 3.63) is 23.8 Å². The van der Waals surface area contributed by atoms with Gasteiger partial charge in [0.05, 0.1) is 6.10 Å². The average molecular weight is 292 g/mol. The van der Waals surface area contributed by atoms with Gasteiger partial charge in [-0.25, -0.2) is 4.79 Å². The van der Waals surface area contributed by atoms with Crippen molar-refractivity contribution in [1.29, 1.82) is 0 Å². The molecule has 21 heavy (non-hydrogen) atoms. The van der Waals surface area contributed by atoms with Crippen molar-refractivity contribution in [2.24, 2.45) is 0 Å². The molecule has 1 saturated carbocycles. The summed E-state index contributed by atoms with van der Waals surface area (Å²) in [5.74, 6) is 0.251. The quantitative estimate of drug-likeness (QED) is 0.835. The molecule has 1 aromatic carbocycles. The van der Waals surface area contributed by atoms with Crippen molar-refractivity contribution < 1.29 is 24.5 Å². The number of carbonyl (C=O) groups is 1. The summed E-state index contributed by atoms with van der Waals surface area (Å²) in [6.07, 6.45) is 3.79. The van der Waals surface area contributed by atoms with Crippen LogP contribution in [0.5, 0.6) is 11.5 Å². The molecule has 0 aromatic heterocycles. The standard InChI is InChI=1S/C16H20O5/c17-12-4-2-1-3-5-13(12)20-11-7-6-10-8-15(16(18)19)21-14(10)9-11/h6-7,9,12-13,15,17H,1-5,8H2,(H,18,19). The topological polar surface area (TPSA) is 76.0 Å². The van der Waals surface area contributed by atoms with Crippen LogP contribution in [0.15, 0.2) is 18.2 Å². The van der Waals surface area contributed by atoms with E-state index in [9.17, 15) is 9.90 Å². The van der Waals surface area contributed by atoms with E-state index in [1.165, 1.54) is 0 Å². The third-order valence-electron chi connectivity index (χ3n) is 4.19. The first-order valence-corrected chi connectivity index (χ1v) is 7.50. The molecule has 3 atom stereocenters. The Labute approximate surface area is 123 Å². The summed E-state index contributed by atoms with van der Waals surface area (Å²) in [7, 11) is 0. The van der Waals surface area contributed by atoms with Crippen molar-refractivity contribution in [3.63, 3.8) is 0 Å². The lowest BCUT2D eigenvalue weighted by atomic mass is 10.1. The zero-order chi connectivity index (χ0) is 14.8. The molecule has 5 heteroatoms. The molecule has 3 rings (SSSR count). The Morgan fingerprint density at radius 1 is 1.24 bits per heavy atom. The molecule has 1 fully saturated rings. The predicted molar refractivity (Wildman–Crippen MR) is 75.7 cm³/mol. The lowest BCUT2D eigenvalue weighted by Gasteiger charge is -2.22. The van der Waals surface area contributed by atoms with Gasteiger partial charge in [-0.1, -0.05) is 18.9 Å². The highest BCUT2D eigenvalue weighted by Gasteiger charge is 2.30.